The van der Waals surface area contributed by atoms with Gasteiger partial charge in [-0.2, -0.15) is 5.10 Å². The van der Waals surface area contributed by atoms with Crippen molar-refractivity contribution in [3.8, 4) is 0 Å². The summed E-state index contributed by atoms with van der Waals surface area (Å²) in [4.78, 5) is 3.70. The van der Waals surface area contributed by atoms with Gasteiger partial charge in [0.25, 0.3) is 0 Å². The van der Waals surface area contributed by atoms with E-state index in [4.69, 9.17) is 0 Å². The number of hydrazone groups is 1. The van der Waals surface area contributed by atoms with Crippen LogP contribution in [-0.4, -0.2) is 19.5 Å². The molecular formula is C10H12FN3. The standard InChI is InChI=1S/C10H12FN3/c1-8-4-3-5-9(10(8)11)14-13-7-6-12-2/h3-7,14H,1-2H3/b12-6?,13-7-. The molecule has 0 aliphatic rings. The number of nitrogens with zero attached hydrogens (tertiary/aromatic N) is 2. The Bertz CT molecular complexity index is 358. The van der Waals surface area contributed by atoms with E-state index in [0.717, 1.165) is 0 Å². The number of halogens is 1. The van der Waals surface area contributed by atoms with Gasteiger partial charge in [0.2, 0.25) is 0 Å². The third-order valence-electron chi connectivity index (χ3n) is 1.67. The molecule has 1 N–H and O–H groups in total. The van der Waals surface area contributed by atoms with Crippen molar-refractivity contribution in [3.63, 3.8) is 0 Å². The topological polar surface area (TPSA) is 36.8 Å². The normalized spacial score (nSPS) is 11.4. The van der Waals surface area contributed by atoms with E-state index in [2.05, 4.69) is 15.5 Å². The smallest absolute Gasteiger partial charge is 0.151 e. The summed E-state index contributed by atoms with van der Waals surface area (Å²) in [6, 6.07) is 5.10. The molecule has 0 heterocycles. The maximum atomic E-state index is 13.3. The van der Waals surface area contributed by atoms with Crippen LogP contribution in [0.3, 0.4) is 0 Å². The zero-order valence-electron chi connectivity index (χ0n) is 8.16. The van der Waals surface area contributed by atoms with Gasteiger partial charge in [-0.25, -0.2) is 4.39 Å². The van der Waals surface area contributed by atoms with Crippen molar-refractivity contribution in [2.45, 2.75) is 6.92 Å². The van der Waals surface area contributed by atoms with Gasteiger partial charge in [0.15, 0.2) is 5.82 Å². The largest absolute Gasteiger partial charge is 0.295 e. The second-order valence-corrected chi connectivity index (χ2v) is 2.73. The van der Waals surface area contributed by atoms with Gasteiger partial charge in [-0.05, 0) is 18.6 Å². The molecule has 0 fully saturated rings. The molecule has 74 valence electrons. The highest BCUT2D eigenvalue weighted by molar-refractivity contribution is 6.16. The lowest BCUT2D eigenvalue weighted by Crippen LogP contribution is -1.95. The van der Waals surface area contributed by atoms with Gasteiger partial charge < -0.3 is 0 Å². The fourth-order valence-electron chi connectivity index (χ4n) is 0.941. The first-order valence-corrected chi connectivity index (χ1v) is 4.20. The highest BCUT2D eigenvalue weighted by atomic mass is 19.1. The Kier molecular flexibility index (Phi) is 3.79. The van der Waals surface area contributed by atoms with Crippen molar-refractivity contribution in [3.05, 3.63) is 29.6 Å². The SMILES string of the molecule is CN=C/C=N\Nc1cccc(C)c1F. The van der Waals surface area contributed by atoms with Crippen LogP contribution in [0.2, 0.25) is 0 Å². The van der Waals surface area contributed by atoms with Crippen LogP contribution in [-0.2, 0) is 0 Å². The summed E-state index contributed by atoms with van der Waals surface area (Å²) in [6.07, 6.45) is 2.97. The summed E-state index contributed by atoms with van der Waals surface area (Å²) in [5.74, 6) is -0.280. The first kappa shape index (κ1) is 10.4. The second kappa shape index (κ2) is 5.11. The summed E-state index contributed by atoms with van der Waals surface area (Å²) in [6.45, 7) is 1.71. The highest BCUT2D eigenvalue weighted by Gasteiger charge is 2.01. The van der Waals surface area contributed by atoms with Crippen LogP contribution in [0.4, 0.5) is 10.1 Å². The van der Waals surface area contributed by atoms with Crippen LogP contribution in [0.1, 0.15) is 5.56 Å². The molecule has 0 amide bonds. The molecule has 1 aromatic carbocycles. The Balaban J connectivity index is 2.72. The molecule has 4 heteroatoms. The van der Waals surface area contributed by atoms with Gasteiger partial charge >= 0.3 is 0 Å². The van der Waals surface area contributed by atoms with E-state index in [1.807, 2.05) is 0 Å². The zero-order chi connectivity index (χ0) is 10.4. The molecule has 0 aromatic heterocycles. The molecule has 0 atom stereocenters. The molecule has 14 heavy (non-hydrogen) atoms. The van der Waals surface area contributed by atoms with E-state index in [9.17, 15) is 4.39 Å². The third-order valence-corrected chi connectivity index (χ3v) is 1.67. The maximum absolute atomic E-state index is 13.3. The molecule has 0 radical (unpaired) electrons. The molecule has 0 bridgehead atoms. The van der Waals surface area contributed by atoms with E-state index >= 15 is 0 Å². The third kappa shape index (κ3) is 2.65. The van der Waals surface area contributed by atoms with Gasteiger partial charge in [-0.15, -0.1) is 0 Å². The average Bonchev–Trinajstić information content (AvgIpc) is 2.19. The van der Waals surface area contributed by atoms with E-state index < -0.39 is 0 Å². The summed E-state index contributed by atoms with van der Waals surface area (Å²) in [5, 5.41) is 3.77. The van der Waals surface area contributed by atoms with Crippen molar-refractivity contribution in [1.29, 1.82) is 0 Å². The lowest BCUT2D eigenvalue weighted by atomic mass is 10.2. The van der Waals surface area contributed by atoms with Crippen molar-refractivity contribution in [1.82, 2.24) is 0 Å². The molecular weight excluding hydrogens is 181 g/mol. The minimum atomic E-state index is -0.280. The van der Waals surface area contributed by atoms with Crippen LogP contribution >= 0.6 is 0 Å². The summed E-state index contributed by atoms with van der Waals surface area (Å²) < 4.78 is 13.3. The first-order valence-electron chi connectivity index (χ1n) is 4.20. The van der Waals surface area contributed by atoms with Crippen LogP contribution in [0, 0.1) is 12.7 Å². The lowest BCUT2D eigenvalue weighted by Gasteiger charge is -2.02. The number of hydrogen-bond donors (Lipinski definition) is 1. The van der Waals surface area contributed by atoms with Gasteiger partial charge in [0, 0.05) is 13.3 Å². The summed E-state index contributed by atoms with van der Waals surface area (Å²) >= 11 is 0. The molecule has 0 spiro atoms. The average molecular weight is 193 g/mol. The Morgan fingerprint density at radius 3 is 2.86 bits per heavy atom. The van der Waals surface area contributed by atoms with Crippen molar-refractivity contribution >= 4 is 18.1 Å². The number of nitrogens with one attached hydrogen (secondary N) is 1. The molecule has 0 saturated heterocycles. The molecule has 3 nitrogen and oxygen atoms in total. The highest BCUT2D eigenvalue weighted by Crippen LogP contribution is 2.16. The molecule has 0 aliphatic heterocycles. The quantitative estimate of drug-likeness (QED) is 0.580. The van der Waals surface area contributed by atoms with E-state index in [1.165, 1.54) is 12.4 Å². The Hall–Kier alpha value is -1.71. The second-order valence-electron chi connectivity index (χ2n) is 2.73. The van der Waals surface area contributed by atoms with E-state index in [1.54, 1.807) is 32.2 Å². The fourth-order valence-corrected chi connectivity index (χ4v) is 0.941. The predicted octanol–water partition coefficient (Wildman–Crippen LogP) is 2.23. The van der Waals surface area contributed by atoms with E-state index in [-0.39, 0.29) is 5.82 Å². The van der Waals surface area contributed by atoms with Gasteiger partial charge in [-0.3, -0.25) is 10.4 Å². The van der Waals surface area contributed by atoms with Gasteiger partial charge in [0.05, 0.1) is 11.9 Å². The van der Waals surface area contributed by atoms with Crippen LogP contribution in [0.25, 0.3) is 0 Å². The lowest BCUT2D eigenvalue weighted by molar-refractivity contribution is 0.621. The Morgan fingerprint density at radius 2 is 2.14 bits per heavy atom. The number of aliphatic imine (C=N–C) groups is 1. The minimum absolute atomic E-state index is 0.280. The number of rotatable bonds is 3. The first-order chi connectivity index (χ1) is 6.75. The summed E-state index contributed by atoms with van der Waals surface area (Å²) in [5.41, 5.74) is 3.55. The minimum Gasteiger partial charge on any atom is -0.295 e. The van der Waals surface area contributed by atoms with Crippen LogP contribution in [0.5, 0.6) is 0 Å². The monoisotopic (exact) mass is 193 g/mol. The van der Waals surface area contributed by atoms with Crippen molar-refractivity contribution < 1.29 is 4.39 Å². The van der Waals surface area contributed by atoms with Crippen LogP contribution in [0.15, 0.2) is 28.3 Å². The zero-order valence-corrected chi connectivity index (χ0v) is 8.16. The molecule has 1 aromatic rings. The maximum Gasteiger partial charge on any atom is 0.151 e. The molecule has 0 saturated carbocycles. The van der Waals surface area contributed by atoms with E-state index in [0.29, 0.717) is 11.3 Å². The number of aryl methyl sites for hydroxylation is 1. The van der Waals surface area contributed by atoms with Gasteiger partial charge in [0.1, 0.15) is 0 Å². The predicted molar refractivity (Wildman–Crippen MR) is 57.7 cm³/mol. The van der Waals surface area contributed by atoms with Crippen molar-refractivity contribution in [2.75, 3.05) is 12.5 Å². The Morgan fingerprint density at radius 1 is 1.36 bits per heavy atom. The molecule has 0 unspecified atom stereocenters. The molecule has 1 rings (SSSR count). The number of benzene rings is 1. The number of hydrogen-bond acceptors (Lipinski definition) is 3. The molecule has 0 aliphatic carbocycles. The van der Waals surface area contributed by atoms with Crippen LogP contribution < -0.4 is 5.43 Å². The Labute approximate surface area is 82.4 Å². The van der Waals surface area contributed by atoms with Gasteiger partial charge in [-0.1, -0.05) is 12.1 Å². The van der Waals surface area contributed by atoms with Crippen molar-refractivity contribution in [2.24, 2.45) is 10.1 Å². The number of anilines is 1. The summed E-state index contributed by atoms with van der Waals surface area (Å²) in [7, 11) is 1.64. The fraction of sp³-hybridized carbons (Fsp3) is 0.200.